The van der Waals surface area contributed by atoms with E-state index in [-0.39, 0.29) is 5.25 Å². The van der Waals surface area contributed by atoms with Gasteiger partial charge in [-0.2, -0.15) is 0 Å². The maximum absolute atomic E-state index is 12.8. The Morgan fingerprint density at radius 3 is 2.65 bits per heavy atom. The number of fused-ring (bicyclic) bond motifs is 1. The van der Waals surface area contributed by atoms with Gasteiger partial charge in [-0.15, -0.1) is 11.8 Å². The van der Waals surface area contributed by atoms with Crippen LogP contribution in [0.25, 0.3) is 0 Å². The average Bonchev–Trinajstić information content (AvgIpc) is 2.85. The highest BCUT2D eigenvalue weighted by molar-refractivity contribution is 8.00. The summed E-state index contributed by atoms with van der Waals surface area (Å²) in [6.45, 7) is 4.49. The number of anilines is 1. The van der Waals surface area contributed by atoms with Crippen LogP contribution in [0.2, 0.25) is 0 Å². The van der Waals surface area contributed by atoms with Crippen LogP contribution in [0.5, 0.6) is 0 Å². The van der Waals surface area contributed by atoms with Crippen molar-refractivity contribution in [1.29, 1.82) is 0 Å². The Morgan fingerprint density at radius 2 is 1.88 bits per heavy atom. The fraction of sp³-hybridized carbons (Fsp3) is 0.348. The normalized spacial score (nSPS) is 20.7. The second-order valence-corrected chi connectivity index (χ2v) is 8.41. The van der Waals surface area contributed by atoms with Crippen molar-refractivity contribution in [3.63, 3.8) is 0 Å². The van der Waals surface area contributed by atoms with E-state index in [1.54, 1.807) is 11.8 Å². The molecular formula is C23H25NOS. The molecule has 0 radical (unpaired) electrons. The van der Waals surface area contributed by atoms with E-state index in [2.05, 4.69) is 67.7 Å². The minimum atomic E-state index is 0.0694. The lowest BCUT2D eigenvalue weighted by molar-refractivity contribution is -0.116. The molecule has 1 aliphatic heterocycles. The Bertz CT molecular complexity index is 853. The first-order valence-electron chi connectivity index (χ1n) is 9.56. The molecule has 2 atom stereocenters. The number of carbonyl (C=O) groups is 1. The molecule has 0 saturated heterocycles. The smallest absolute Gasteiger partial charge is 0.162 e. The van der Waals surface area contributed by atoms with Gasteiger partial charge in [0.05, 0.1) is 10.9 Å². The highest BCUT2D eigenvalue weighted by Crippen LogP contribution is 2.49. The lowest BCUT2D eigenvalue weighted by Gasteiger charge is -2.24. The predicted molar refractivity (Wildman–Crippen MR) is 110 cm³/mol. The summed E-state index contributed by atoms with van der Waals surface area (Å²) in [6, 6.07) is 17.3. The SMILES string of the molecule is CCC(C)c1ccc(C2Sc3ccccc3NC3=C2C(=O)CCC3)cc1. The van der Waals surface area contributed by atoms with Gasteiger partial charge in [-0.1, -0.05) is 50.2 Å². The summed E-state index contributed by atoms with van der Waals surface area (Å²) in [5, 5.41) is 3.64. The lowest BCUT2D eigenvalue weighted by atomic mass is 9.89. The number of Topliss-reactive ketones (excluding diaryl/α,β-unsaturated/α-hetero) is 1. The van der Waals surface area contributed by atoms with E-state index >= 15 is 0 Å². The molecule has 0 amide bonds. The van der Waals surface area contributed by atoms with Gasteiger partial charge in [-0.3, -0.25) is 4.79 Å². The van der Waals surface area contributed by atoms with Crippen LogP contribution in [-0.2, 0) is 4.79 Å². The van der Waals surface area contributed by atoms with Crippen LogP contribution in [0.3, 0.4) is 0 Å². The Morgan fingerprint density at radius 1 is 1.12 bits per heavy atom. The number of nitrogens with one attached hydrogen (secondary N) is 1. The zero-order valence-corrected chi connectivity index (χ0v) is 16.2. The molecule has 1 aliphatic carbocycles. The quantitative estimate of drug-likeness (QED) is 0.678. The highest BCUT2D eigenvalue weighted by Gasteiger charge is 2.32. The fourth-order valence-corrected chi connectivity index (χ4v) is 5.13. The van der Waals surface area contributed by atoms with E-state index in [1.165, 1.54) is 16.0 Å². The van der Waals surface area contributed by atoms with E-state index < -0.39 is 0 Å². The molecule has 4 rings (SSSR count). The fourth-order valence-electron chi connectivity index (χ4n) is 3.79. The Labute approximate surface area is 160 Å². The molecule has 0 saturated carbocycles. The van der Waals surface area contributed by atoms with Gasteiger partial charge in [0.2, 0.25) is 0 Å². The van der Waals surface area contributed by atoms with Gasteiger partial charge in [-0.25, -0.2) is 0 Å². The van der Waals surface area contributed by atoms with Gasteiger partial charge >= 0.3 is 0 Å². The molecule has 0 spiro atoms. The predicted octanol–water partition coefficient (Wildman–Crippen LogP) is 6.47. The molecule has 1 heterocycles. The van der Waals surface area contributed by atoms with Crippen molar-refractivity contribution in [3.05, 3.63) is 70.9 Å². The Balaban J connectivity index is 1.78. The first kappa shape index (κ1) is 17.4. The van der Waals surface area contributed by atoms with E-state index in [0.29, 0.717) is 18.1 Å². The topological polar surface area (TPSA) is 29.1 Å². The van der Waals surface area contributed by atoms with Crippen LogP contribution < -0.4 is 5.32 Å². The number of hydrogen-bond acceptors (Lipinski definition) is 3. The van der Waals surface area contributed by atoms with Crippen LogP contribution >= 0.6 is 11.8 Å². The molecule has 1 N–H and O–H groups in total. The van der Waals surface area contributed by atoms with Crippen molar-refractivity contribution in [3.8, 4) is 0 Å². The van der Waals surface area contributed by atoms with E-state index in [0.717, 1.165) is 36.2 Å². The first-order valence-corrected chi connectivity index (χ1v) is 10.4. The summed E-state index contributed by atoms with van der Waals surface area (Å²) in [7, 11) is 0. The average molecular weight is 364 g/mol. The van der Waals surface area contributed by atoms with Gasteiger partial charge < -0.3 is 5.32 Å². The number of para-hydroxylation sites is 1. The molecule has 0 bridgehead atoms. The number of hydrogen-bond donors (Lipinski definition) is 1. The number of ketones is 1. The highest BCUT2D eigenvalue weighted by atomic mass is 32.2. The minimum absolute atomic E-state index is 0.0694. The van der Waals surface area contributed by atoms with Gasteiger partial charge in [0, 0.05) is 22.6 Å². The first-order chi connectivity index (χ1) is 12.7. The van der Waals surface area contributed by atoms with Gasteiger partial charge in [0.1, 0.15) is 0 Å². The van der Waals surface area contributed by atoms with Crippen molar-refractivity contribution < 1.29 is 4.79 Å². The number of rotatable bonds is 3. The van der Waals surface area contributed by atoms with Gasteiger partial charge in [0.15, 0.2) is 5.78 Å². The molecule has 2 aliphatic rings. The van der Waals surface area contributed by atoms with Crippen molar-refractivity contribution in [2.75, 3.05) is 5.32 Å². The third kappa shape index (κ3) is 3.21. The zero-order chi connectivity index (χ0) is 18.1. The Hall–Kier alpha value is -2.00. The summed E-state index contributed by atoms with van der Waals surface area (Å²) in [6.07, 6.45) is 3.70. The molecule has 0 aromatic heterocycles. The summed E-state index contributed by atoms with van der Waals surface area (Å²) in [5.74, 6) is 0.870. The molecule has 26 heavy (non-hydrogen) atoms. The minimum Gasteiger partial charge on any atom is -0.358 e. The molecule has 2 nitrogen and oxygen atoms in total. The second kappa shape index (κ2) is 7.32. The summed E-state index contributed by atoms with van der Waals surface area (Å²) in [5.41, 5.74) is 5.82. The van der Waals surface area contributed by atoms with E-state index in [9.17, 15) is 4.79 Å². The van der Waals surface area contributed by atoms with Gasteiger partial charge in [-0.05, 0) is 48.4 Å². The van der Waals surface area contributed by atoms with Crippen molar-refractivity contribution >= 4 is 23.2 Å². The maximum Gasteiger partial charge on any atom is 0.162 e. The van der Waals surface area contributed by atoms with E-state index in [1.807, 2.05) is 0 Å². The molecule has 2 aromatic rings. The number of benzene rings is 2. The largest absolute Gasteiger partial charge is 0.358 e. The third-order valence-corrected chi connectivity index (χ3v) is 6.91. The standard InChI is InChI=1S/C23H25NOS/c1-3-15(2)16-11-13-17(14-12-16)23-22-19(8-6-9-20(22)25)24-18-7-4-5-10-21(18)26-23/h4-5,7,10-15,23-24H,3,6,8-9H2,1-2H3. The molecule has 134 valence electrons. The van der Waals surface area contributed by atoms with E-state index in [4.69, 9.17) is 0 Å². The lowest BCUT2D eigenvalue weighted by Crippen LogP contribution is -2.19. The molecule has 2 aromatic carbocycles. The summed E-state index contributed by atoms with van der Waals surface area (Å²) >= 11 is 1.80. The summed E-state index contributed by atoms with van der Waals surface area (Å²) in [4.78, 5) is 14.0. The van der Waals surface area contributed by atoms with Crippen molar-refractivity contribution in [2.24, 2.45) is 0 Å². The summed E-state index contributed by atoms with van der Waals surface area (Å²) < 4.78 is 0. The molecule has 3 heteroatoms. The zero-order valence-electron chi connectivity index (χ0n) is 15.4. The molecular weight excluding hydrogens is 338 g/mol. The number of carbonyl (C=O) groups excluding carboxylic acids is 1. The maximum atomic E-state index is 12.8. The monoisotopic (exact) mass is 363 g/mol. The molecule has 0 fully saturated rings. The number of allylic oxidation sites excluding steroid dienone is 1. The second-order valence-electron chi connectivity index (χ2n) is 7.26. The van der Waals surface area contributed by atoms with Gasteiger partial charge in [0.25, 0.3) is 0 Å². The number of thioether (sulfide) groups is 1. The van der Waals surface area contributed by atoms with Crippen LogP contribution in [0.15, 0.2) is 64.7 Å². The molecule has 2 unspecified atom stereocenters. The Kier molecular flexibility index (Phi) is 4.90. The van der Waals surface area contributed by atoms with Crippen LogP contribution in [-0.4, -0.2) is 5.78 Å². The van der Waals surface area contributed by atoms with Crippen LogP contribution in [0, 0.1) is 0 Å². The van der Waals surface area contributed by atoms with Crippen molar-refractivity contribution in [2.45, 2.75) is 55.6 Å². The van der Waals surface area contributed by atoms with Crippen LogP contribution in [0.4, 0.5) is 5.69 Å². The third-order valence-electron chi connectivity index (χ3n) is 5.56. The van der Waals surface area contributed by atoms with Crippen molar-refractivity contribution in [1.82, 2.24) is 0 Å². The van der Waals surface area contributed by atoms with Crippen LogP contribution in [0.1, 0.15) is 61.8 Å².